The van der Waals surface area contributed by atoms with Crippen molar-refractivity contribution in [1.82, 2.24) is 4.90 Å². The van der Waals surface area contributed by atoms with Crippen LogP contribution in [0.5, 0.6) is 0 Å². The number of rotatable bonds is 4. The third-order valence-corrected chi connectivity index (χ3v) is 11.6. The summed E-state index contributed by atoms with van der Waals surface area (Å²) in [6.07, 6.45) is 9.35. The molecule has 6 aliphatic rings. The zero-order valence-corrected chi connectivity index (χ0v) is 20.4. The van der Waals surface area contributed by atoms with Gasteiger partial charge in [0, 0.05) is 31.5 Å². The molecular weight excluding hydrogens is 402 g/mol. The number of carbonyl (C=O) groups is 1. The Hall–Kier alpha value is -0.490. The first kappa shape index (κ1) is 22.0. The number of aliphatic hydroxyl groups is 1. The minimum absolute atomic E-state index is 0.139. The molecule has 5 aliphatic carbocycles. The lowest BCUT2D eigenvalue weighted by Crippen LogP contribution is -2.74. The molecule has 1 spiro atoms. The van der Waals surface area contributed by atoms with Gasteiger partial charge in [0.05, 0.1) is 31.5 Å². The fraction of sp³-hybridized carbons (Fsp3) is 0.963. The molecule has 6 fully saturated rings. The first-order valence-corrected chi connectivity index (χ1v) is 13.4. The molecule has 6 rings (SSSR count). The van der Waals surface area contributed by atoms with Crippen molar-refractivity contribution in [2.75, 3.05) is 40.0 Å². The molecule has 0 aromatic carbocycles. The van der Waals surface area contributed by atoms with Gasteiger partial charge in [-0.3, -0.25) is 9.69 Å². The number of hydrogen-bond donors (Lipinski definition) is 1. The number of ether oxygens (including phenoxy) is 2. The van der Waals surface area contributed by atoms with E-state index in [2.05, 4.69) is 11.8 Å². The van der Waals surface area contributed by atoms with Crippen LogP contribution < -0.4 is 0 Å². The zero-order valence-electron chi connectivity index (χ0n) is 20.4. The number of carbonyl (C=O) groups excluding carboxylic acids is 1. The highest BCUT2D eigenvalue weighted by atomic mass is 16.5. The minimum atomic E-state index is -0.500. The molecule has 5 heteroatoms. The van der Waals surface area contributed by atoms with Crippen molar-refractivity contribution in [2.24, 2.45) is 46.3 Å². The molecule has 1 aliphatic heterocycles. The summed E-state index contributed by atoms with van der Waals surface area (Å²) in [5.74, 6) is 4.13. The van der Waals surface area contributed by atoms with E-state index in [9.17, 15) is 9.90 Å². The second-order valence-electron chi connectivity index (χ2n) is 12.9. The van der Waals surface area contributed by atoms with Crippen molar-refractivity contribution in [3.8, 4) is 0 Å². The number of nitrogens with zero attached hydrogens (tertiary/aromatic N) is 1. The Morgan fingerprint density at radius 3 is 2.59 bits per heavy atom. The molecule has 0 aromatic rings. The first-order valence-electron chi connectivity index (χ1n) is 13.4. The molecule has 0 bridgehead atoms. The molecule has 0 aromatic heterocycles. The Morgan fingerprint density at radius 2 is 1.84 bits per heavy atom. The summed E-state index contributed by atoms with van der Waals surface area (Å²) in [5.41, 5.74) is -0.0674. The summed E-state index contributed by atoms with van der Waals surface area (Å²) in [7, 11) is 1.92. The van der Waals surface area contributed by atoms with Crippen molar-refractivity contribution < 1.29 is 19.4 Å². The average molecular weight is 446 g/mol. The van der Waals surface area contributed by atoms with Gasteiger partial charge in [0.2, 0.25) is 0 Å². The van der Waals surface area contributed by atoms with Gasteiger partial charge >= 0.3 is 0 Å². The van der Waals surface area contributed by atoms with E-state index in [1.165, 1.54) is 25.7 Å². The van der Waals surface area contributed by atoms with Crippen LogP contribution in [0.15, 0.2) is 0 Å². The molecule has 180 valence electrons. The van der Waals surface area contributed by atoms with Crippen LogP contribution in [-0.4, -0.2) is 67.5 Å². The maximum atomic E-state index is 13.6. The zero-order chi connectivity index (χ0) is 22.3. The van der Waals surface area contributed by atoms with E-state index in [-0.39, 0.29) is 11.3 Å². The first-order chi connectivity index (χ1) is 15.3. The van der Waals surface area contributed by atoms with Crippen LogP contribution in [0.25, 0.3) is 0 Å². The van der Waals surface area contributed by atoms with Crippen LogP contribution in [0.2, 0.25) is 0 Å². The van der Waals surface area contributed by atoms with Gasteiger partial charge in [0.25, 0.3) is 0 Å². The van der Waals surface area contributed by atoms with Crippen molar-refractivity contribution in [3.63, 3.8) is 0 Å². The number of hydrogen-bond acceptors (Lipinski definition) is 5. The number of fused-ring (bicyclic) bond motifs is 2. The van der Waals surface area contributed by atoms with Crippen molar-refractivity contribution >= 4 is 5.78 Å². The summed E-state index contributed by atoms with van der Waals surface area (Å²) in [6, 6.07) is 0. The predicted octanol–water partition coefficient (Wildman–Crippen LogP) is 3.53. The van der Waals surface area contributed by atoms with Gasteiger partial charge in [-0.25, -0.2) is 0 Å². The molecule has 0 radical (unpaired) electrons. The van der Waals surface area contributed by atoms with Crippen LogP contribution in [0, 0.1) is 46.3 Å². The number of Topliss-reactive ketones (excluding diaryl/α,β-unsaturated/α-hetero) is 1. The standard InChI is InChI=1S/C27H43NO4/c1-25(30)8-9-27-17(14-25)4-5-18-20-6-7-21(22(29)16-28-10-12-32-13-11-28)26(20,2)15-19(23(18)27)24(27)31-3/h17-21,23-24,30H,4-16H2,1-3H3/t17-,18-,19?,20-,21+,23?,24?,25+,26-,27+/m0/s1. The largest absolute Gasteiger partial charge is 0.390 e. The highest BCUT2D eigenvalue weighted by molar-refractivity contribution is 5.84. The lowest BCUT2D eigenvalue weighted by atomic mass is 9.31. The molecule has 1 heterocycles. The quantitative estimate of drug-likeness (QED) is 0.717. The van der Waals surface area contributed by atoms with Gasteiger partial charge < -0.3 is 14.6 Å². The number of morpholine rings is 1. The van der Waals surface area contributed by atoms with Gasteiger partial charge in [-0.05, 0) is 93.3 Å². The average Bonchev–Trinajstić information content (AvgIpc) is 3.10. The second-order valence-corrected chi connectivity index (χ2v) is 12.9. The Morgan fingerprint density at radius 1 is 1.06 bits per heavy atom. The number of ketones is 1. The van der Waals surface area contributed by atoms with E-state index >= 15 is 0 Å². The molecule has 32 heavy (non-hydrogen) atoms. The molecule has 1 N–H and O–H groups in total. The smallest absolute Gasteiger partial charge is 0.150 e. The second kappa shape index (κ2) is 7.50. The SMILES string of the molecule is COC1C2C[C@]3(C)[C@@H](C(=O)CN4CCOCC4)CC[C@H]3[C@@H]3CC[C@H]4C[C@](C)(O)CC[C@@]14C23. The van der Waals surface area contributed by atoms with E-state index < -0.39 is 5.60 Å². The molecule has 5 saturated carbocycles. The van der Waals surface area contributed by atoms with E-state index in [4.69, 9.17) is 9.47 Å². The molecule has 3 unspecified atom stereocenters. The highest BCUT2D eigenvalue weighted by Gasteiger charge is 2.75. The van der Waals surface area contributed by atoms with Gasteiger partial charge in [-0.1, -0.05) is 6.92 Å². The fourth-order valence-corrected chi connectivity index (χ4v) is 10.5. The Labute approximate surface area is 193 Å². The van der Waals surface area contributed by atoms with Crippen molar-refractivity contribution in [1.29, 1.82) is 0 Å². The van der Waals surface area contributed by atoms with Gasteiger partial charge in [-0.2, -0.15) is 0 Å². The van der Waals surface area contributed by atoms with Crippen LogP contribution in [-0.2, 0) is 14.3 Å². The molecule has 0 amide bonds. The van der Waals surface area contributed by atoms with Crippen LogP contribution in [0.1, 0.15) is 65.2 Å². The lowest BCUT2D eigenvalue weighted by Gasteiger charge is -2.75. The summed E-state index contributed by atoms with van der Waals surface area (Å²) < 4.78 is 11.8. The Bertz CT molecular complexity index is 763. The number of methoxy groups -OCH3 is 1. The highest BCUT2D eigenvalue weighted by Crippen LogP contribution is 2.77. The Balaban J connectivity index is 1.25. The normalized spacial score (nSPS) is 54.8. The van der Waals surface area contributed by atoms with Crippen LogP contribution in [0.4, 0.5) is 0 Å². The monoisotopic (exact) mass is 445 g/mol. The third-order valence-electron chi connectivity index (χ3n) is 11.6. The Kier molecular flexibility index (Phi) is 5.16. The third kappa shape index (κ3) is 2.93. The maximum absolute atomic E-state index is 13.6. The summed E-state index contributed by atoms with van der Waals surface area (Å²) >= 11 is 0. The van der Waals surface area contributed by atoms with Crippen molar-refractivity contribution in [3.05, 3.63) is 0 Å². The van der Waals surface area contributed by atoms with E-state index in [1.807, 2.05) is 14.0 Å². The van der Waals surface area contributed by atoms with E-state index in [0.717, 1.165) is 63.8 Å². The van der Waals surface area contributed by atoms with Gasteiger partial charge in [0.1, 0.15) is 5.78 Å². The minimum Gasteiger partial charge on any atom is -0.390 e. The lowest BCUT2D eigenvalue weighted by molar-refractivity contribution is -0.315. The van der Waals surface area contributed by atoms with Crippen LogP contribution >= 0.6 is 0 Å². The summed E-state index contributed by atoms with van der Waals surface area (Å²) in [6.45, 7) is 8.44. The van der Waals surface area contributed by atoms with Crippen LogP contribution in [0.3, 0.4) is 0 Å². The fourth-order valence-electron chi connectivity index (χ4n) is 10.5. The molecule has 5 nitrogen and oxygen atoms in total. The summed E-state index contributed by atoms with van der Waals surface area (Å²) in [4.78, 5) is 15.9. The summed E-state index contributed by atoms with van der Waals surface area (Å²) in [5, 5.41) is 10.8. The van der Waals surface area contributed by atoms with E-state index in [0.29, 0.717) is 41.6 Å². The van der Waals surface area contributed by atoms with Gasteiger partial charge in [0.15, 0.2) is 0 Å². The molecular formula is C27H43NO4. The predicted molar refractivity (Wildman–Crippen MR) is 122 cm³/mol. The van der Waals surface area contributed by atoms with Crippen molar-refractivity contribution in [2.45, 2.75) is 76.9 Å². The maximum Gasteiger partial charge on any atom is 0.150 e. The van der Waals surface area contributed by atoms with Gasteiger partial charge in [-0.15, -0.1) is 0 Å². The van der Waals surface area contributed by atoms with E-state index in [1.54, 1.807) is 0 Å². The molecule has 10 atom stereocenters. The molecule has 1 saturated heterocycles. The topological polar surface area (TPSA) is 59.0 Å².